The summed E-state index contributed by atoms with van der Waals surface area (Å²) in [5, 5.41) is 1.07. The van der Waals surface area contributed by atoms with Crippen LogP contribution in [0.1, 0.15) is 11.1 Å². The molecule has 0 aliphatic carbocycles. The number of hydrogen-bond acceptors (Lipinski definition) is 2. The zero-order valence-electron chi connectivity index (χ0n) is 10.7. The highest BCUT2D eigenvalue weighted by molar-refractivity contribution is 9.08. The monoisotopic (exact) mass is 373 g/mol. The van der Waals surface area contributed by atoms with Gasteiger partial charge in [-0.1, -0.05) is 51.8 Å². The maximum atomic E-state index is 12.3. The van der Waals surface area contributed by atoms with E-state index in [4.69, 9.17) is 11.6 Å². The van der Waals surface area contributed by atoms with Crippen LogP contribution in [0.4, 0.5) is 5.69 Å². The molecule has 2 aromatic rings. The van der Waals surface area contributed by atoms with Gasteiger partial charge in [-0.25, -0.2) is 8.42 Å². The Morgan fingerprint density at radius 2 is 1.80 bits per heavy atom. The number of benzene rings is 2. The molecule has 0 bridgehead atoms. The molecule has 2 rings (SSSR count). The highest BCUT2D eigenvalue weighted by Crippen LogP contribution is 2.28. The topological polar surface area (TPSA) is 46.2 Å². The summed E-state index contributed by atoms with van der Waals surface area (Å²) >= 11 is 9.36. The normalized spacial score (nSPS) is 11.3. The average molecular weight is 375 g/mol. The lowest BCUT2D eigenvalue weighted by molar-refractivity contribution is 0.601. The van der Waals surface area contributed by atoms with Crippen LogP contribution in [0.25, 0.3) is 0 Å². The number of nitrogens with one attached hydrogen (secondary N) is 1. The third kappa shape index (κ3) is 3.34. The number of hydrogen-bond donors (Lipinski definition) is 1. The number of anilines is 1. The van der Waals surface area contributed by atoms with Crippen molar-refractivity contribution in [2.45, 2.75) is 17.1 Å². The van der Waals surface area contributed by atoms with Gasteiger partial charge in [0.15, 0.2) is 0 Å². The van der Waals surface area contributed by atoms with E-state index in [1.807, 2.05) is 0 Å². The summed E-state index contributed by atoms with van der Waals surface area (Å²) in [7, 11) is -3.63. The summed E-state index contributed by atoms with van der Waals surface area (Å²) in [6.45, 7) is 1.80. The third-order valence-electron chi connectivity index (χ3n) is 2.85. The third-order valence-corrected chi connectivity index (χ3v) is 5.17. The Hall–Kier alpha value is -1.04. The minimum atomic E-state index is -3.63. The lowest BCUT2D eigenvalue weighted by Gasteiger charge is -2.12. The number of alkyl halides is 1. The van der Waals surface area contributed by atoms with Gasteiger partial charge >= 0.3 is 0 Å². The maximum absolute atomic E-state index is 12.3. The van der Waals surface area contributed by atoms with Crippen molar-refractivity contribution in [3.8, 4) is 0 Å². The van der Waals surface area contributed by atoms with Crippen molar-refractivity contribution in [1.29, 1.82) is 0 Å². The molecule has 0 heterocycles. The van der Waals surface area contributed by atoms with Crippen molar-refractivity contribution in [3.63, 3.8) is 0 Å². The van der Waals surface area contributed by atoms with Gasteiger partial charge in [-0.05, 0) is 36.2 Å². The minimum Gasteiger partial charge on any atom is -0.278 e. The molecule has 6 heteroatoms. The Balaban J connectivity index is 2.35. The van der Waals surface area contributed by atoms with Crippen molar-refractivity contribution in [1.82, 2.24) is 0 Å². The molecule has 0 amide bonds. The lowest BCUT2D eigenvalue weighted by Crippen LogP contribution is -2.14. The van der Waals surface area contributed by atoms with Crippen LogP contribution in [0.2, 0.25) is 5.02 Å². The van der Waals surface area contributed by atoms with Crippen LogP contribution >= 0.6 is 27.5 Å². The van der Waals surface area contributed by atoms with Gasteiger partial charge in [0.2, 0.25) is 0 Å². The van der Waals surface area contributed by atoms with E-state index in [-0.39, 0.29) is 4.90 Å². The Morgan fingerprint density at radius 3 is 2.35 bits per heavy atom. The van der Waals surface area contributed by atoms with E-state index in [2.05, 4.69) is 20.7 Å². The first-order chi connectivity index (χ1) is 9.44. The number of halogens is 2. The van der Waals surface area contributed by atoms with Crippen LogP contribution in [0.5, 0.6) is 0 Å². The molecule has 0 aliphatic rings. The van der Waals surface area contributed by atoms with Gasteiger partial charge in [-0.2, -0.15) is 0 Å². The molecule has 0 spiro atoms. The first-order valence-electron chi connectivity index (χ1n) is 5.87. The first-order valence-corrected chi connectivity index (χ1v) is 8.85. The smallest absolute Gasteiger partial charge is 0.261 e. The minimum absolute atomic E-state index is 0.210. The predicted octanol–water partition coefficient (Wildman–Crippen LogP) is 4.34. The molecule has 106 valence electrons. The van der Waals surface area contributed by atoms with Crippen LogP contribution in [0.15, 0.2) is 47.4 Å². The fourth-order valence-corrected chi connectivity index (χ4v) is 3.56. The van der Waals surface area contributed by atoms with Crippen molar-refractivity contribution in [2.24, 2.45) is 0 Å². The standard InChI is InChI=1S/C14H13BrClNO2S/c1-10-3-2-4-13(16)14(10)17-20(18,19)12-7-5-11(9-15)6-8-12/h2-8,17H,9H2,1H3. The molecule has 2 aromatic carbocycles. The molecule has 0 saturated heterocycles. The Morgan fingerprint density at radius 1 is 1.15 bits per heavy atom. The lowest BCUT2D eigenvalue weighted by atomic mass is 10.2. The second-order valence-corrected chi connectivity index (χ2v) is 6.97. The van der Waals surface area contributed by atoms with E-state index in [0.717, 1.165) is 11.1 Å². The maximum Gasteiger partial charge on any atom is 0.261 e. The van der Waals surface area contributed by atoms with E-state index in [1.165, 1.54) is 0 Å². The Labute approximate surface area is 132 Å². The van der Waals surface area contributed by atoms with E-state index < -0.39 is 10.0 Å². The number of sulfonamides is 1. The van der Waals surface area contributed by atoms with Gasteiger partial charge in [-0.3, -0.25) is 4.72 Å². The summed E-state index contributed by atoms with van der Waals surface area (Å²) in [6, 6.07) is 11.9. The summed E-state index contributed by atoms with van der Waals surface area (Å²) in [5.74, 6) is 0. The van der Waals surface area contributed by atoms with Crippen LogP contribution in [0, 0.1) is 6.92 Å². The summed E-state index contributed by atoms with van der Waals surface area (Å²) in [5.41, 5.74) is 2.20. The Bertz CT molecular complexity index is 694. The Kier molecular flexibility index (Phi) is 4.73. The van der Waals surface area contributed by atoms with Crippen LogP contribution < -0.4 is 4.72 Å². The van der Waals surface area contributed by atoms with E-state index in [9.17, 15) is 8.42 Å². The zero-order chi connectivity index (χ0) is 14.8. The molecule has 0 atom stereocenters. The average Bonchev–Trinajstić information content (AvgIpc) is 2.43. The first kappa shape index (κ1) is 15.4. The highest BCUT2D eigenvalue weighted by Gasteiger charge is 2.16. The number of rotatable bonds is 4. The summed E-state index contributed by atoms with van der Waals surface area (Å²) in [6.07, 6.45) is 0. The van der Waals surface area contributed by atoms with Gasteiger partial charge in [0, 0.05) is 5.33 Å². The van der Waals surface area contributed by atoms with Crippen LogP contribution in [0.3, 0.4) is 0 Å². The molecular weight excluding hydrogens is 362 g/mol. The largest absolute Gasteiger partial charge is 0.278 e. The summed E-state index contributed by atoms with van der Waals surface area (Å²) < 4.78 is 27.2. The molecule has 0 saturated carbocycles. The van der Waals surface area contributed by atoms with E-state index in [1.54, 1.807) is 49.4 Å². The number of para-hydroxylation sites is 1. The summed E-state index contributed by atoms with van der Waals surface area (Å²) in [4.78, 5) is 0.210. The molecule has 0 aliphatic heterocycles. The molecule has 0 aromatic heterocycles. The SMILES string of the molecule is Cc1cccc(Cl)c1NS(=O)(=O)c1ccc(CBr)cc1. The molecular formula is C14H13BrClNO2S. The van der Waals surface area contributed by atoms with Crippen molar-refractivity contribution < 1.29 is 8.42 Å². The number of aryl methyl sites for hydroxylation is 1. The van der Waals surface area contributed by atoms with E-state index in [0.29, 0.717) is 16.0 Å². The van der Waals surface area contributed by atoms with Crippen molar-refractivity contribution in [2.75, 3.05) is 4.72 Å². The fraction of sp³-hybridized carbons (Fsp3) is 0.143. The second-order valence-electron chi connectivity index (χ2n) is 4.31. The molecule has 0 fully saturated rings. The molecule has 0 unspecified atom stereocenters. The molecule has 1 N–H and O–H groups in total. The van der Waals surface area contributed by atoms with Crippen molar-refractivity contribution >= 4 is 43.2 Å². The van der Waals surface area contributed by atoms with Gasteiger partial charge in [0.25, 0.3) is 10.0 Å². The van der Waals surface area contributed by atoms with Gasteiger partial charge in [0.05, 0.1) is 15.6 Å². The van der Waals surface area contributed by atoms with Gasteiger partial charge in [0.1, 0.15) is 0 Å². The predicted molar refractivity (Wildman–Crippen MR) is 86.1 cm³/mol. The van der Waals surface area contributed by atoms with E-state index >= 15 is 0 Å². The fourth-order valence-electron chi connectivity index (χ4n) is 1.71. The van der Waals surface area contributed by atoms with Crippen LogP contribution in [-0.4, -0.2) is 8.42 Å². The van der Waals surface area contributed by atoms with Crippen LogP contribution in [-0.2, 0) is 15.4 Å². The van der Waals surface area contributed by atoms with Crippen molar-refractivity contribution in [3.05, 3.63) is 58.6 Å². The second kappa shape index (κ2) is 6.16. The molecule has 3 nitrogen and oxygen atoms in total. The zero-order valence-corrected chi connectivity index (χ0v) is 13.9. The highest BCUT2D eigenvalue weighted by atomic mass is 79.9. The molecule has 0 radical (unpaired) electrons. The molecule has 20 heavy (non-hydrogen) atoms. The van der Waals surface area contributed by atoms with Gasteiger partial charge in [-0.15, -0.1) is 0 Å². The quantitative estimate of drug-likeness (QED) is 0.809. The van der Waals surface area contributed by atoms with Gasteiger partial charge < -0.3 is 0 Å².